The zero-order valence-corrected chi connectivity index (χ0v) is 12.7. The van der Waals surface area contributed by atoms with Crippen LogP contribution < -0.4 is 5.32 Å². The number of carbonyl (C=O) groups excluding carboxylic acids is 1. The van der Waals surface area contributed by atoms with Crippen LogP contribution in [0.3, 0.4) is 0 Å². The van der Waals surface area contributed by atoms with Crippen LogP contribution in [0.4, 0.5) is 0 Å². The highest BCUT2D eigenvalue weighted by Gasteiger charge is 2.25. The quantitative estimate of drug-likeness (QED) is 0.801. The summed E-state index contributed by atoms with van der Waals surface area (Å²) in [6.07, 6.45) is 12.8. The van der Waals surface area contributed by atoms with Crippen LogP contribution in [-0.4, -0.2) is 36.3 Å². The Morgan fingerprint density at radius 1 is 1.09 bits per heavy atom. The summed E-state index contributed by atoms with van der Waals surface area (Å²) in [7, 11) is 0. The first-order valence-electron chi connectivity index (χ1n) is 7.89. The maximum Gasteiger partial charge on any atom is 0.256 e. The van der Waals surface area contributed by atoms with E-state index in [-0.39, 0.29) is 11.9 Å². The minimum atomic E-state index is -0.0961. The maximum absolute atomic E-state index is 12.5. The minimum absolute atomic E-state index is 0.0961. The van der Waals surface area contributed by atoms with Crippen LogP contribution in [0.25, 0.3) is 5.65 Å². The Morgan fingerprint density at radius 3 is 2.70 bits per heavy atom. The predicted octanol–water partition coefficient (Wildman–Crippen LogP) is 1.84. The summed E-state index contributed by atoms with van der Waals surface area (Å²) in [4.78, 5) is 16.7. The summed E-state index contributed by atoms with van der Waals surface area (Å²) in [5.74, 6) is -0.0961. The van der Waals surface area contributed by atoms with Crippen LogP contribution in [0, 0.1) is 0 Å². The van der Waals surface area contributed by atoms with Gasteiger partial charge in [0.15, 0.2) is 5.65 Å². The zero-order valence-electron chi connectivity index (χ0n) is 12.7. The van der Waals surface area contributed by atoms with Gasteiger partial charge in [-0.25, -0.2) is 9.50 Å². The first kappa shape index (κ1) is 13.9. The van der Waals surface area contributed by atoms with Crippen LogP contribution in [0.5, 0.6) is 0 Å². The molecule has 0 unspecified atom stereocenters. The fourth-order valence-corrected chi connectivity index (χ4v) is 3.23. The molecule has 23 heavy (non-hydrogen) atoms. The smallest absolute Gasteiger partial charge is 0.256 e. The fraction of sp³-hybridized carbons (Fsp3) is 0.375. The van der Waals surface area contributed by atoms with Crippen LogP contribution in [-0.2, 0) is 0 Å². The molecule has 1 N–H and O–H groups in total. The van der Waals surface area contributed by atoms with Gasteiger partial charge in [-0.15, -0.1) is 0 Å². The topological polar surface area (TPSA) is 77.1 Å². The maximum atomic E-state index is 12.5. The van der Waals surface area contributed by atoms with Crippen LogP contribution >= 0.6 is 0 Å². The Bertz CT molecular complexity index is 801. The van der Waals surface area contributed by atoms with E-state index < -0.39 is 0 Å². The number of nitrogens with zero attached hydrogens (tertiary/aromatic N) is 5. The molecule has 7 nitrogen and oxygen atoms in total. The number of aromatic nitrogens is 5. The number of amides is 1. The second kappa shape index (κ2) is 5.83. The third-order valence-electron chi connectivity index (χ3n) is 4.45. The molecular formula is C16H18N6O. The molecule has 3 heterocycles. The van der Waals surface area contributed by atoms with Crippen molar-refractivity contribution in [2.24, 2.45) is 0 Å². The molecule has 0 bridgehead atoms. The van der Waals surface area contributed by atoms with Gasteiger partial charge in [-0.05, 0) is 37.8 Å². The van der Waals surface area contributed by atoms with Crippen LogP contribution in [0.15, 0.2) is 43.1 Å². The standard InChI is InChI=1S/C16H18N6O/c23-16(14-11-19-22-10-1-7-17-15(14)22)20-12-3-5-13(6-4-12)21-9-2-8-18-21/h1-2,7-13H,3-6H2,(H,20,23). The lowest BCUT2D eigenvalue weighted by atomic mass is 9.91. The van der Waals surface area contributed by atoms with E-state index in [4.69, 9.17) is 0 Å². The molecule has 118 valence electrons. The van der Waals surface area contributed by atoms with Gasteiger partial charge in [-0.3, -0.25) is 9.48 Å². The van der Waals surface area contributed by atoms with Crippen molar-refractivity contribution in [1.29, 1.82) is 0 Å². The molecule has 0 saturated heterocycles. The molecule has 1 aliphatic rings. The number of hydrogen-bond donors (Lipinski definition) is 1. The highest BCUT2D eigenvalue weighted by molar-refractivity contribution is 5.99. The summed E-state index contributed by atoms with van der Waals surface area (Å²) >= 11 is 0. The van der Waals surface area contributed by atoms with E-state index in [9.17, 15) is 4.79 Å². The summed E-state index contributed by atoms with van der Waals surface area (Å²) < 4.78 is 3.64. The van der Waals surface area contributed by atoms with E-state index in [0.717, 1.165) is 25.7 Å². The largest absolute Gasteiger partial charge is 0.349 e. The first-order valence-corrected chi connectivity index (χ1v) is 7.89. The van der Waals surface area contributed by atoms with E-state index in [1.807, 2.05) is 23.1 Å². The molecule has 0 aromatic carbocycles. The Labute approximate surface area is 133 Å². The highest BCUT2D eigenvalue weighted by atomic mass is 16.1. The van der Waals surface area contributed by atoms with E-state index in [2.05, 4.69) is 20.5 Å². The molecule has 1 aliphatic carbocycles. The molecule has 0 spiro atoms. The SMILES string of the molecule is O=C(NC1CCC(n2cccn2)CC1)c1cnn2cccnc12. The van der Waals surface area contributed by atoms with Crippen molar-refractivity contribution >= 4 is 11.6 Å². The van der Waals surface area contributed by atoms with Crippen molar-refractivity contribution in [1.82, 2.24) is 29.7 Å². The van der Waals surface area contributed by atoms with E-state index in [1.54, 1.807) is 29.2 Å². The van der Waals surface area contributed by atoms with Gasteiger partial charge in [0.1, 0.15) is 5.56 Å². The van der Waals surface area contributed by atoms with Gasteiger partial charge >= 0.3 is 0 Å². The van der Waals surface area contributed by atoms with Crippen molar-refractivity contribution in [3.63, 3.8) is 0 Å². The van der Waals surface area contributed by atoms with Crippen molar-refractivity contribution < 1.29 is 4.79 Å². The Kier molecular flexibility index (Phi) is 3.53. The molecule has 0 radical (unpaired) electrons. The molecule has 7 heteroatoms. The molecule has 0 aliphatic heterocycles. The highest BCUT2D eigenvalue weighted by Crippen LogP contribution is 2.28. The molecule has 4 rings (SSSR count). The van der Waals surface area contributed by atoms with Gasteiger partial charge in [0.25, 0.3) is 5.91 Å². The Hall–Kier alpha value is -2.70. The van der Waals surface area contributed by atoms with Gasteiger partial charge in [0.2, 0.25) is 0 Å². The third kappa shape index (κ3) is 2.69. The number of hydrogen-bond acceptors (Lipinski definition) is 4. The lowest BCUT2D eigenvalue weighted by Crippen LogP contribution is -2.38. The second-order valence-electron chi connectivity index (χ2n) is 5.91. The molecule has 0 atom stereocenters. The van der Waals surface area contributed by atoms with Crippen LogP contribution in [0.2, 0.25) is 0 Å². The molecular weight excluding hydrogens is 292 g/mol. The van der Waals surface area contributed by atoms with Gasteiger partial charge in [0, 0.05) is 30.8 Å². The van der Waals surface area contributed by atoms with Crippen molar-refractivity contribution in [3.05, 3.63) is 48.7 Å². The molecule has 3 aromatic rings. The molecule has 1 saturated carbocycles. The van der Waals surface area contributed by atoms with Gasteiger partial charge in [-0.2, -0.15) is 10.2 Å². The zero-order chi connectivity index (χ0) is 15.6. The number of rotatable bonds is 3. The monoisotopic (exact) mass is 310 g/mol. The normalized spacial score (nSPS) is 21.4. The predicted molar refractivity (Wildman–Crippen MR) is 84.0 cm³/mol. The summed E-state index contributed by atoms with van der Waals surface area (Å²) in [6.45, 7) is 0. The van der Waals surface area contributed by atoms with Gasteiger partial charge in [0.05, 0.1) is 12.2 Å². The minimum Gasteiger partial charge on any atom is -0.349 e. The average Bonchev–Trinajstić information content (AvgIpc) is 3.25. The lowest BCUT2D eigenvalue weighted by Gasteiger charge is -2.29. The van der Waals surface area contributed by atoms with Crippen molar-refractivity contribution in [2.45, 2.75) is 37.8 Å². The third-order valence-corrected chi connectivity index (χ3v) is 4.45. The molecule has 1 amide bonds. The fourth-order valence-electron chi connectivity index (χ4n) is 3.23. The van der Waals surface area contributed by atoms with Crippen LogP contribution in [0.1, 0.15) is 42.1 Å². The summed E-state index contributed by atoms with van der Waals surface area (Å²) in [6, 6.07) is 4.38. The van der Waals surface area contributed by atoms with E-state index in [1.165, 1.54) is 0 Å². The van der Waals surface area contributed by atoms with E-state index in [0.29, 0.717) is 17.3 Å². The molecule has 3 aromatic heterocycles. The van der Waals surface area contributed by atoms with Crippen molar-refractivity contribution in [2.75, 3.05) is 0 Å². The Balaban J connectivity index is 1.40. The first-order chi connectivity index (χ1) is 11.3. The molecule has 1 fully saturated rings. The van der Waals surface area contributed by atoms with Gasteiger partial charge < -0.3 is 5.32 Å². The number of fused-ring (bicyclic) bond motifs is 1. The lowest BCUT2D eigenvalue weighted by molar-refractivity contribution is 0.0923. The summed E-state index contributed by atoms with van der Waals surface area (Å²) in [5.41, 5.74) is 1.12. The second-order valence-corrected chi connectivity index (χ2v) is 5.91. The number of nitrogens with one attached hydrogen (secondary N) is 1. The average molecular weight is 310 g/mol. The van der Waals surface area contributed by atoms with E-state index >= 15 is 0 Å². The van der Waals surface area contributed by atoms with Crippen molar-refractivity contribution in [3.8, 4) is 0 Å². The summed E-state index contributed by atoms with van der Waals surface area (Å²) in [5, 5.41) is 11.6. The van der Waals surface area contributed by atoms with Gasteiger partial charge in [-0.1, -0.05) is 0 Å². The Morgan fingerprint density at radius 2 is 1.91 bits per heavy atom. The number of carbonyl (C=O) groups is 1.